The number of methoxy groups -OCH3 is 1. The molecule has 0 amide bonds. The van der Waals surface area contributed by atoms with E-state index in [1.54, 1.807) is 24.7 Å². The summed E-state index contributed by atoms with van der Waals surface area (Å²) in [5.74, 6) is 1.42. The van der Waals surface area contributed by atoms with Gasteiger partial charge in [-0.15, -0.1) is 11.3 Å². The standard InChI is InChI=1S/C16H21N3O2S/c1-10(2)21-14-7-6-13(8-15(14)20-5)9-17-19-16-18-11(3)12(4)22-16/h6-10H,1-5H3,(H,18,19)/b17-9+. The third-order valence-corrected chi connectivity index (χ3v) is 3.93. The Morgan fingerprint density at radius 2 is 2.05 bits per heavy atom. The van der Waals surface area contributed by atoms with Gasteiger partial charge in [0.05, 0.1) is 25.1 Å². The average molecular weight is 319 g/mol. The van der Waals surface area contributed by atoms with E-state index in [0.717, 1.165) is 22.1 Å². The number of hydrogen-bond acceptors (Lipinski definition) is 6. The summed E-state index contributed by atoms with van der Waals surface area (Å²) in [6, 6.07) is 5.71. The molecular formula is C16H21N3O2S. The molecule has 118 valence electrons. The molecule has 0 atom stereocenters. The first-order chi connectivity index (χ1) is 10.5. The van der Waals surface area contributed by atoms with Gasteiger partial charge in [0.1, 0.15) is 0 Å². The van der Waals surface area contributed by atoms with E-state index >= 15 is 0 Å². The predicted octanol–water partition coefficient (Wildman–Crippen LogP) is 4.00. The Bertz CT molecular complexity index is 646. The van der Waals surface area contributed by atoms with Crippen LogP contribution in [-0.4, -0.2) is 24.4 Å². The second-order valence-corrected chi connectivity index (χ2v) is 6.31. The van der Waals surface area contributed by atoms with Crippen LogP contribution in [0.15, 0.2) is 23.3 Å². The van der Waals surface area contributed by atoms with E-state index in [2.05, 4.69) is 15.5 Å². The van der Waals surface area contributed by atoms with Gasteiger partial charge in [-0.1, -0.05) is 0 Å². The molecular weight excluding hydrogens is 298 g/mol. The van der Waals surface area contributed by atoms with Crippen molar-refractivity contribution in [3.05, 3.63) is 34.3 Å². The third-order valence-electron chi connectivity index (χ3n) is 2.95. The lowest BCUT2D eigenvalue weighted by Gasteiger charge is -2.13. The minimum Gasteiger partial charge on any atom is -0.493 e. The Hall–Kier alpha value is -2.08. The maximum atomic E-state index is 5.69. The van der Waals surface area contributed by atoms with E-state index in [9.17, 15) is 0 Å². The number of ether oxygens (including phenoxy) is 2. The van der Waals surface area contributed by atoms with Crippen LogP contribution in [0, 0.1) is 13.8 Å². The summed E-state index contributed by atoms with van der Waals surface area (Å²) in [6.07, 6.45) is 1.83. The van der Waals surface area contributed by atoms with Crippen LogP contribution in [0.1, 0.15) is 30.0 Å². The molecule has 0 saturated heterocycles. The van der Waals surface area contributed by atoms with Crippen molar-refractivity contribution >= 4 is 22.7 Å². The van der Waals surface area contributed by atoms with Gasteiger partial charge >= 0.3 is 0 Å². The zero-order valence-electron chi connectivity index (χ0n) is 13.5. The number of rotatable bonds is 6. The van der Waals surface area contributed by atoms with Crippen LogP contribution in [-0.2, 0) is 0 Å². The fraction of sp³-hybridized carbons (Fsp3) is 0.375. The number of thiazole rings is 1. The molecule has 0 fully saturated rings. The lowest BCUT2D eigenvalue weighted by molar-refractivity contribution is 0.230. The van der Waals surface area contributed by atoms with Crippen LogP contribution in [0.3, 0.4) is 0 Å². The van der Waals surface area contributed by atoms with Gasteiger partial charge in [0.15, 0.2) is 11.5 Å². The molecule has 0 spiro atoms. The van der Waals surface area contributed by atoms with E-state index in [4.69, 9.17) is 9.47 Å². The normalized spacial score (nSPS) is 11.2. The van der Waals surface area contributed by atoms with E-state index in [1.165, 1.54) is 4.88 Å². The van der Waals surface area contributed by atoms with Crippen LogP contribution in [0.2, 0.25) is 0 Å². The van der Waals surface area contributed by atoms with Crippen molar-refractivity contribution in [3.8, 4) is 11.5 Å². The molecule has 1 N–H and O–H groups in total. The van der Waals surface area contributed by atoms with Gasteiger partial charge in [0.2, 0.25) is 5.13 Å². The molecule has 0 bridgehead atoms. The quantitative estimate of drug-likeness (QED) is 0.646. The van der Waals surface area contributed by atoms with E-state index in [-0.39, 0.29) is 6.10 Å². The minimum atomic E-state index is 0.103. The summed E-state index contributed by atoms with van der Waals surface area (Å²) in [5, 5.41) is 5.00. The Labute approximate surface area is 135 Å². The fourth-order valence-electron chi connectivity index (χ4n) is 1.80. The van der Waals surface area contributed by atoms with Crippen LogP contribution < -0.4 is 14.9 Å². The van der Waals surface area contributed by atoms with Gasteiger partial charge < -0.3 is 9.47 Å². The van der Waals surface area contributed by atoms with Gasteiger partial charge in [0, 0.05) is 4.88 Å². The maximum absolute atomic E-state index is 5.69. The zero-order chi connectivity index (χ0) is 16.1. The summed E-state index contributed by atoms with van der Waals surface area (Å²) >= 11 is 1.59. The van der Waals surface area contributed by atoms with Crippen molar-refractivity contribution < 1.29 is 9.47 Å². The Kier molecular flexibility index (Phi) is 5.38. The molecule has 0 radical (unpaired) electrons. The summed E-state index contributed by atoms with van der Waals surface area (Å²) in [4.78, 5) is 5.56. The van der Waals surface area contributed by atoms with Crippen molar-refractivity contribution in [3.63, 3.8) is 0 Å². The van der Waals surface area contributed by atoms with Crippen LogP contribution in [0.4, 0.5) is 5.13 Å². The fourth-order valence-corrected chi connectivity index (χ4v) is 2.56. The van der Waals surface area contributed by atoms with Crippen molar-refractivity contribution in [2.75, 3.05) is 12.5 Å². The minimum absolute atomic E-state index is 0.103. The number of aryl methyl sites for hydroxylation is 2. The van der Waals surface area contributed by atoms with Gasteiger partial charge in [-0.2, -0.15) is 5.10 Å². The second-order valence-electron chi connectivity index (χ2n) is 5.11. The molecule has 0 aliphatic carbocycles. The molecule has 0 aliphatic heterocycles. The first-order valence-corrected chi connectivity index (χ1v) is 7.89. The maximum Gasteiger partial charge on any atom is 0.203 e. The van der Waals surface area contributed by atoms with Crippen LogP contribution in [0.5, 0.6) is 11.5 Å². The van der Waals surface area contributed by atoms with Gasteiger partial charge in [-0.05, 0) is 51.5 Å². The van der Waals surface area contributed by atoms with Crippen LogP contribution in [0.25, 0.3) is 0 Å². The van der Waals surface area contributed by atoms with Crippen molar-refractivity contribution in [2.45, 2.75) is 33.8 Å². The van der Waals surface area contributed by atoms with Gasteiger partial charge in [0.25, 0.3) is 0 Å². The molecule has 1 aromatic carbocycles. The monoisotopic (exact) mass is 319 g/mol. The highest BCUT2D eigenvalue weighted by Crippen LogP contribution is 2.28. The number of hydrogen-bond donors (Lipinski definition) is 1. The van der Waals surface area contributed by atoms with E-state index in [0.29, 0.717) is 5.75 Å². The summed E-state index contributed by atoms with van der Waals surface area (Å²) < 4.78 is 11.0. The molecule has 5 nitrogen and oxygen atoms in total. The molecule has 2 aromatic rings. The number of aromatic nitrogens is 1. The highest BCUT2D eigenvalue weighted by molar-refractivity contribution is 7.15. The SMILES string of the molecule is COc1cc(/C=N/Nc2nc(C)c(C)s2)ccc1OC(C)C. The summed E-state index contributed by atoms with van der Waals surface area (Å²) in [7, 11) is 1.63. The first kappa shape index (κ1) is 16.3. The number of nitrogens with zero attached hydrogens (tertiary/aromatic N) is 2. The number of anilines is 1. The highest BCUT2D eigenvalue weighted by atomic mass is 32.1. The molecule has 2 rings (SSSR count). The van der Waals surface area contributed by atoms with E-state index < -0.39 is 0 Å². The third kappa shape index (κ3) is 4.21. The Balaban J connectivity index is 2.07. The molecule has 6 heteroatoms. The van der Waals surface area contributed by atoms with E-state index in [1.807, 2.05) is 45.9 Å². The lowest BCUT2D eigenvalue weighted by atomic mass is 10.2. The largest absolute Gasteiger partial charge is 0.493 e. The van der Waals surface area contributed by atoms with Gasteiger partial charge in [-0.25, -0.2) is 4.98 Å². The highest BCUT2D eigenvalue weighted by Gasteiger charge is 2.07. The van der Waals surface area contributed by atoms with Crippen LogP contribution >= 0.6 is 11.3 Å². The smallest absolute Gasteiger partial charge is 0.203 e. The molecule has 0 unspecified atom stereocenters. The topological polar surface area (TPSA) is 55.7 Å². The van der Waals surface area contributed by atoms with Gasteiger partial charge in [-0.3, -0.25) is 5.43 Å². The average Bonchev–Trinajstić information content (AvgIpc) is 2.78. The summed E-state index contributed by atoms with van der Waals surface area (Å²) in [6.45, 7) is 7.99. The zero-order valence-corrected chi connectivity index (χ0v) is 14.3. The number of hydrazone groups is 1. The predicted molar refractivity (Wildman–Crippen MR) is 91.6 cm³/mol. The lowest BCUT2D eigenvalue weighted by Crippen LogP contribution is -2.06. The van der Waals surface area contributed by atoms with Crippen molar-refractivity contribution in [1.82, 2.24) is 4.98 Å². The molecule has 1 aromatic heterocycles. The first-order valence-electron chi connectivity index (χ1n) is 7.07. The van der Waals surface area contributed by atoms with Crippen molar-refractivity contribution in [2.24, 2.45) is 5.10 Å². The summed E-state index contributed by atoms with van der Waals surface area (Å²) in [5.41, 5.74) is 4.89. The Morgan fingerprint density at radius 3 is 2.64 bits per heavy atom. The molecule has 0 saturated carbocycles. The molecule has 1 heterocycles. The molecule has 22 heavy (non-hydrogen) atoms. The van der Waals surface area contributed by atoms with Crippen molar-refractivity contribution in [1.29, 1.82) is 0 Å². The number of nitrogens with one attached hydrogen (secondary N) is 1. The Morgan fingerprint density at radius 1 is 1.27 bits per heavy atom. The molecule has 0 aliphatic rings. The number of benzene rings is 1. The second kappa shape index (κ2) is 7.26.